The van der Waals surface area contributed by atoms with Gasteiger partial charge >= 0.3 is 0 Å². The van der Waals surface area contributed by atoms with E-state index in [9.17, 15) is 0 Å². The van der Waals surface area contributed by atoms with Gasteiger partial charge in [-0.3, -0.25) is 0 Å². The van der Waals surface area contributed by atoms with E-state index in [1.807, 2.05) is 0 Å². The average molecular weight is 263 g/mol. The lowest BCUT2D eigenvalue weighted by atomic mass is 9.86. The molecule has 108 valence electrons. The fraction of sp³-hybridized carbons (Fsp3) is 0.647. The third kappa shape index (κ3) is 5.33. The van der Waals surface area contributed by atoms with Crippen LogP contribution in [0.4, 0.5) is 0 Å². The molecule has 0 amide bonds. The van der Waals surface area contributed by atoms with E-state index < -0.39 is 0 Å². The Morgan fingerprint density at radius 1 is 1.21 bits per heavy atom. The quantitative estimate of drug-likeness (QED) is 0.756. The molecule has 2 nitrogen and oxygen atoms in total. The third-order valence-electron chi connectivity index (χ3n) is 3.61. The molecule has 0 bridgehead atoms. The summed E-state index contributed by atoms with van der Waals surface area (Å²) in [4.78, 5) is 0. The molecule has 0 heterocycles. The summed E-state index contributed by atoms with van der Waals surface area (Å²) >= 11 is 0. The summed E-state index contributed by atoms with van der Waals surface area (Å²) in [5.74, 6) is 0.697. The molecule has 0 radical (unpaired) electrons. The molecular formula is C17H29NO. The van der Waals surface area contributed by atoms with Crippen LogP contribution in [0.15, 0.2) is 18.2 Å². The molecule has 1 aromatic rings. The van der Waals surface area contributed by atoms with Crippen molar-refractivity contribution in [2.24, 2.45) is 11.7 Å². The van der Waals surface area contributed by atoms with Crippen molar-refractivity contribution in [1.29, 1.82) is 0 Å². The van der Waals surface area contributed by atoms with E-state index in [1.54, 1.807) is 0 Å². The Bertz CT molecular complexity index is 396. The Balaban J connectivity index is 2.53. The second kappa shape index (κ2) is 7.06. The largest absolute Gasteiger partial charge is 0.381 e. The van der Waals surface area contributed by atoms with Gasteiger partial charge in [0.2, 0.25) is 0 Å². The zero-order chi connectivity index (χ0) is 14.5. The van der Waals surface area contributed by atoms with Crippen molar-refractivity contribution in [2.45, 2.75) is 53.0 Å². The number of benzene rings is 1. The Kier molecular flexibility index (Phi) is 6.02. The van der Waals surface area contributed by atoms with Gasteiger partial charge in [-0.1, -0.05) is 37.6 Å². The van der Waals surface area contributed by atoms with Gasteiger partial charge in [0.25, 0.3) is 0 Å². The van der Waals surface area contributed by atoms with Crippen molar-refractivity contribution in [3.8, 4) is 0 Å². The molecule has 19 heavy (non-hydrogen) atoms. The molecule has 0 fully saturated rings. The maximum absolute atomic E-state index is 6.47. The van der Waals surface area contributed by atoms with E-state index in [-0.39, 0.29) is 5.54 Å². The Morgan fingerprint density at radius 3 is 2.53 bits per heavy atom. The Labute approximate surface area is 118 Å². The van der Waals surface area contributed by atoms with Crippen molar-refractivity contribution in [1.82, 2.24) is 0 Å². The van der Waals surface area contributed by atoms with Crippen molar-refractivity contribution in [3.63, 3.8) is 0 Å². The maximum atomic E-state index is 6.47. The maximum Gasteiger partial charge on any atom is 0.0486 e. The Hall–Kier alpha value is -0.860. The fourth-order valence-electron chi connectivity index (χ4n) is 2.19. The van der Waals surface area contributed by atoms with Crippen LogP contribution in [0.3, 0.4) is 0 Å². The molecule has 0 aliphatic heterocycles. The van der Waals surface area contributed by atoms with Crippen molar-refractivity contribution >= 4 is 0 Å². The van der Waals surface area contributed by atoms with Crippen LogP contribution in [-0.4, -0.2) is 13.2 Å². The summed E-state index contributed by atoms with van der Waals surface area (Å²) in [6, 6.07) is 6.48. The van der Waals surface area contributed by atoms with Gasteiger partial charge in [0, 0.05) is 18.8 Å². The van der Waals surface area contributed by atoms with Gasteiger partial charge < -0.3 is 10.5 Å². The van der Waals surface area contributed by atoms with Crippen molar-refractivity contribution in [2.75, 3.05) is 13.2 Å². The highest BCUT2D eigenvalue weighted by molar-refractivity contribution is 5.35. The van der Waals surface area contributed by atoms with Crippen LogP contribution >= 0.6 is 0 Å². The number of rotatable bonds is 7. The molecule has 2 N–H and O–H groups in total. The van der Waals surface area contributed by atoms with E-state index in [1.165, 1.54) is 16.7 Å². The monoisotopic (exact) mass is 263 g/mol. The minimum atomic E-state index is -0.312. The highest BCUT2D eigenvalue weighted by atomic mass is 16.5. The zero-order valence-electron chi connectivity index (χ0n) is 13.1. The van der Waals surface area contributed by atoms with Crippen LogP contribution in [0.2, 0.25) is 0 Å². The van der Waals surface area contributed by atoms with Gasteiger partial charge in [0.1, 0.15) is 0 Å². The van der Waals surface area contributed by atoms with Crippen LogP contribution in [0.25, 0.3) is 0 Å². The smallest absolute Gasteiger partial charge is 0.0486 e. The van der Waals surface area contributed by atoms with E-state index >= 15 is 0 Å². The first-order chi connectivity index (χ1) is 8.83. The number of nitrogens with two attached hydrogens (primary N) is 1. The predicted octanol–water partition coefficient (Wildman–Crippen LogP) is 3.93. The molecule has 0 aliphatic rings. The van der Waals surface area contributed by atoms with Gasteiger partial charge in [-0.05, 0) is 50.7 Å². The van der Waals surface area contributed by atoms with E-state index in [0.717, 1.165) is 26.1 Å². The first kappa shape index (κ1) is 16.2. The molecule has 1 rings (SSSR count). The molecule has 0 aromatic heterocycles. The van der Waals surface area contributed by atoms with Crippen molar-refractivity contribution < 1.29 is 4.74 Å². The van der Waals surface area contributed by atoms with Gasteiger partial charge in [0.15, 0.2) is 0 Å². The molecule has 2 heteroatoms. The Morgan fingerprint density at radius 2 is 1.89 bits per heavy atom. The van der Waals surface area contributed by atoms with Crippen LogP contribution in [0.1, 0.15) is 50.3 Å². The highest BCUT2D eigenvalue weighted by Crippen LogP contribution is 2.26. The molecule has 1 atom stereocenters. The third-order valence-corrected chi connectivity index (χ3v) is 3.61. The van der Waals surface area contributed by atoms with E-state index in [4.69, 9.17) is 10.5 Å². The predicted molar refractivity (Wildman–Crippen MR) is 82.3 cm³/mol. The van der Waals surface area contributed by atoms with Gasteiger partial charge in [0.05, 0.1) is 0 Å². The molecule has 0 spiro atoms. The second-order valence-electron chi connectivity index (χ2n) is 6.28. The minimum absolute atomic E-state index is 0.312. The number of hydrogen-bond acceptors (Lipinski definition) is 2. The van der Waals surface area contributed by atoms with Gasteiger partial charge in [-0.15, -0.1) is 0 Å². The number of aryl methyl sites for hydroxylation is 2. The first-order valence-electron chi connectivity index (χ1n) is 7.27. The van der Waals surface area contributed by atoms with E-state index in [2.05, 4.69) is 52.8 Å². The summed E-state index contributed by atoms with van der Waals surface area (Å²) in [5, 5.41) is 0. The average Bonchev–Trinajstić information content (AvgIpc) is 2.31. The number of ether oxygens (including phenoxy) is 1. The second-order valence-corrected chi connectivity index (χ2v) is 6.28. The normalized spacial score (nSPS) is 14.7. The first-order valence-corrected chi connectivity index (χ1v) is 7.27. The molecule has 0 aliphatic carbocycles. The summed E-state index contributed by atoms with van der Waals surface area (Å²) in [6.45, 7) is 12.3. The lowest BCUT2D eigenvalue weighted by Crippen LogP contribution is -2.35. The summed E-state index contributed by atoms with van der Waals surface area (Å²) < 4.78 is 5.69. The SMILES string of the molecule is Cc1ccc(C)c(C(C)(N)CCOCCC(C)C)c1. The van der Waals surface area contributed by atoms with Crippen LogP contribution in [0, 0.1) is 19.8 Å². The van der Waals surface area contributed by atoms with Gasteiger partial charge in [-0.25, -0.2) is 0 Å². The topological polar surface area (TPSA) is 35.2 Å². The lowest BCUT2D eigenvalue weighted by Gasteiger charge is -2.27. The van der Waals surface area contributed by atoms with Crippen molar-refractivity contribution in [3.05, 3.63) is 34.9 Å². The molecule has 1 unspecified atom stereocenters. The summed E-state index contributed by atoms with van der Waals surface area (Å²) in [7, 11) is 0. The van der Waals surface area contributed by atoms with E-state index in [0.29, 0.717) is 5.92 Å². The zero-order valence-corrected chi connectivity index (χ0v) is 13.1. The molecule has 0 saturated carbocycles. The minimum Gasteiger partial charge on any atom is -0.381 e. The number of hydrogen-bond donors (Lipinski definition) is 1. The molecular weight excluding hydrogens is 234 g/mol. The highest BCUT2D eigenvalue weighted by Gasteiger charge is 2.22. The summed E-state index contributed by atoms with van der Waals surface area (Å²) in [6.07, 6.45) is 1.97. The molecule has 1 aromatic carbocycles. The van der Waals surface area contributed by atoms with Crippen LogP contribution in [-0.2, 0) is 10.3 Å². The van der Waals surface area contributed by atoms with Crippen LogP contribution < -0.4 is 5.73 Å². The standard InChI is InChI=1S/C17H29NO/c1-13(2)8-10-19-11-9-17(5,18)16-12-14(3)6-7-15(16)4/h6-7,12-13H,8-11,18H2,1-5H3. The molecule has 0 saturated heterocycles. The fourth-order valence-corrected chi connectivity index (χ4v) is 2.19. The van der Waals surface area contributed by atoms with Gasteiger partial charge in [-0.2, -0.15) is 0 Å². The lowest BCUT2D eigenvalue weighted by molar-refractivity contribution is 0.107. The van der Waals surface area contributed by atoms with Crippen LogP contribution in [0.5, 0.6) is 0 Å². The summed E-state index contributed by atoms with van der Waals surface area (Å²) in [5.41, 5.74) is 9.92.